The van der Waals surface area contributed by atoms with Crippen LogP contribution in [0.3, 0.4) is 0 Å². The van der Waals surface area contributed by atoms with Crippen LogP contribution in [0.1, 0.15) is 31.4 Å². The third-order valence-corrected chi connectivity index (χ3v) is 6.59. The van der Waals surface area contributed by atoms with Crippen molar-refractivity contribution in [1.82, 2.24) is 4.98 Å². The quantitative estimate of drug-likeness (QED) is 0.0906. The zero-order valence-corrected chi connectivity index (χ0v) is 23.6. The monoisotopic (exact) mass is 681 g/mol. The number of hydrogen-bond acceptors (Lipinski definition) is 3. The molecule has 1 aliphatic carbocycles. The van der Waals surface area contributed by atoms with E-state index in [9.17, 15) is 9.18 Å². The van der Waals surface area contributed by atoms with E-state index in [1.54, 1.807) is 6.07 Å². The van der Waals surface area contributed by atoms with E-state index < -0.39 is 0 Å². The van der Waals surface area contributed by atoms with Crippen LogP contribution in [0, 0.1) is 11.9 Å². The van der Waals surface area contributed by atoms with Crippen molar-refractivity contribution in [3.05, 3.63) is 114 Å². The number of benzene rings is 4. The first-order valence-corrected chi connectivity index (χ1v) is 12.4. The third kappa shape index (κ3) is 5.75. The molecule has 5 heteroatoms. The van der Waals surface area contributed by atoms with Crippen LogP contribution in [0.5, 0.6) is 0 Å². The first kappa shape index (κ1) is 27.4. The Morgan fingerprint density at radius 3 is 2.42 bits per heavy atom. The summed E-state index contributed by atoms with van der Waals surface area (Å²) in [4.78, 5) is 14.8. The predicted molar refractivity (Wildman–Crippen MR) is 148 cm³/mol. The average molecular weight is 681 g/mol. The fourth-order valence-corrected chi connectivity index (χ4v) is 5.09. The van der Waals surface area contributed by atoms with Crippen molar-refractivity contribution in [3.63, 3.8) is 0 Å². The average Bonchev–Trinajstić information content (AvgIpc) is 3.36. The molecule has 0 amide bonds. The van der Waals surface area contributed by atoms with Gasteiger partial charge in [0.1, 0.15) is 5.82 Å². The molecule has 0 spiro atoms. The van der Waals surface area contributed by atoms with Crippen molar-refractivity contribution in [3.8, 4) is 22.4 Å². The molecule has 0 fully saturated rings. The second-order valence-electron chi connectivity index (χ2n) is 9.36. The molecule has 5 aromatic rings. The Morgan fingerprint density at radius 2 is 1.71 bits per heavy atom. The number of aliphatic hydroxyl groups is 1. The van der Waals surface area contributed by atoms with Gasteiger partial charge in [-0.15, -0.1) is 28.8 Å². The molecule has 1 radical (unpaired) electrons. The summed E-state index contributed by atoms with van der Waals surface area (Å²) >= 11 is 0. The number of halogens is 1. The van der Waals surface area contributed by atoms with E-state index in [1.165, 1.54) is 54.7 Å². The summed E-state index contributed by atoms with van der Waals surface area (Å²) in [6.07, 6.45) is 6.36. The topological polar surface area (TPSA) is 50.2 Å². The molecule has 0 unspecified atom stereocenters. The summed E-state index contributed by atoms with van der Waals surface area (Å²) in [5.41, 5.74) is 7.23. The summed E-state index contributed by atoms with van der Waals surface area (Å²) in [5.74, 6) is -0.275. The van der Waals surface area contributed by atoms with Gasteiger partial charge in [-0.3, -0.25) is 4.79 Å². The maximum absolute atomic E-state index is 13.7. The Labute approximate surface area is 235 Å². The predicted octanol–water partition coefficient (Wildman–Crippen LogP) is 8.18. The van der Waals surface area contributed by atoms with Crippen molar-refractivity contribution in [2.75, 3.05) is 0 Å². The van der Waals surface area contributed by atoms with Gasteiger partial charge in [-0.1, -0.05) is 66.9 Å². The molecule has 3 nitrogen and oxygen atoms in total. The third-order valence-electron chi connectivity index (χ3n) is 6.59. The van der Waals surface area contributed by atoms with E-state index in [-0.39, 0.29) is 37.5 Å². The fraction of sp³-hybridized carbons (Fsp3) is 0.152. The molecule has 0 aliphatic heterocycles. The number of ketones is 1. The van der Waals surface area contributed by atoms with Gasteiger partial charge in [0.2, 0.25) is 0 Å². The molecule has 193 valence electrons. The van der Waals surface area contributed by atoms with Crippen LogP contribution in [0.4, 0.5) is 4.39 Å². The number of nitrogens with zero attached hydrogens (tertiary/aromatic N) is 1. The Kier molecular flexibility index (Phi) is 8.51. The van der Waals surface area contributed by atoms with Gasteiger partial charge in [0.05, 0.1) is 5.76 Å². The Bertz CT molecular complexity index is 1660. The van der Waals surface area contributed by atoms with Gasteiger partial charge < -0.3 is 10.1 Å². The molecule has 6 rings (SSSR count). The Hall–Kier alpha value is -3.66. The maximum atomic E-state index is 13.7. The summed E-state index contributed by atoms with van der Waals surface area (Å²) in [6, 6.07) is 27.5. The molecule has 38 heavy (non-hydrogen) atoms. The maximum Gasteiger partial charge on any atom is 0.155 e. The number of allylic oxidation sites excluding steroid dienone is 2. The van der Waals surface area contributed by atoms with E-state index >= 15 is 0 Å². The van der Waals surface area contributed by atoms with Gasteiger partial charge in [-0.25, -0.2) is 4.39 Å². The number of rotatable bonds is 3. The largest absolute Gasteiger partial charge is 0.512 e. The SMILES string of the molecule is CC(=O)/C=C(/C)O.Fc1ccc2c(ccc3c(-c4[c-]c5c(c(-c6ccccc6)c4)CCC5)nccc32)c1.[Ir]. The molecule has 0 saturated carbocycles. The fourth-order valence-electron chi connectivity index (χ4n) is 5.09. The zero-order chi connectivity index (χ0) is 25.9. The van der Waals surface area contributed by atoms with Gasteiger partial charge >= 0.3 is 0 Å². The van der Waals surface area contributed by atoms with E-state index in [0.717, 1.165) is 45.6 Å². The van der Waals surface area contributed by atoms with Crippen molar-refractivity contribution < 1.29 is 34.4 Å². The van der Waals surface area contributed by atoms with Crippen molar-refractivity contribution in [2.45, 2.75) is 33.1 Å². The van der Waals surface area contributed by atoms with Gasteiger partial charge in [-0.2, -0.15) is 0 Å². The van der Waals surface area contributed by atoms with Crippen LogP contribution in [0.2, 0.25) is 0 Å². The van der Waals surface area contributed by atoms with Gasteiger partial charge in [0.15, 0.2) is 5.78 Å². The number of carbonyl (C=O) groups excluding carboxylic acids is 1. The van der Waals surface area contributed by atoms with Gasteiger partial charge in [0, 0.05) is 32.4 Å². The number of fused-ring (bicyclic) bond motifs is 4. The number of aliphatic hydroxyl groups excluding tert-OH is 1. The number of aromatic nitrogens is 1. The van der Waals surface area contributed by atoms with Crippen LogP contribution >= 0.6 is 0 Å². The summed E-state index contributed by atoms with van der Waals surface area (Å²) < 4.78 is 13.7. The smallest absolute Gasteiger partial charge is 0.155 e. The second-order valence-corrected chi connectivity index (χ2v) is 9.36. The van der Waals surface area contributed by atoms with E-state index in [1.807, 2.05) is 24.4 Å². The second kappa shape index (κ2) is 11.8. The summed E-state index contributed by atoms with van der Waals surface area (Å²) in [5, 5.41) is 12.5. The van der Waals surface area contributed by atoms with Crippen LogP contribution < -0.4 is 0 Å². The number of hydrogen-bond donors (Lipinski definition) is 1. The van der Waals surface area contributed by atoms with Crippen LogP contribution in [0.25, 0.3) is 43.9 Å². The van der Waals surface area contributed by atoms with Crippen LogP contribution in [0.15, 0.2) is 90.8 Å². The van der Waals surface area contributed by atoms with Crippen molar-refractivity contribution >= 4 is 27.3 Å². The first-order valence-electron chi connectivity index (χ1n) is 12.4. The summed E-state index contributed by atoms with van der Waals surface area (Å²) in [7, 11) is 0. The minimum atomic E-state index is -0.212. The normalized spacial score (nSPS) is 12.4. The standard InChI is InChI=1S/C28H19FN.C5H8O2.Ir/c29-22-10-12-24-20(16-22)9-11-26-25(24)13-14-30-28(26)21-15-19-7-4-8-23(19)27(17-21)18-5-2-1-3-6-18;1-4(6)3-5(2)7;/h1-3,5-6,9-14,16-17H,4,7-8H2;3,6H,1-2H3;/q-1;;/b;4-3-;. The zero-order valence-electron chi connectivity index (χ0n) is 21.2. The minimum absolute atomic E-state index is 0. The molecule has 0 atom stereocenters. The molecule has 4 aromatic carbocycles. The number of carbonyl (C=O) groups is 1. The van der Waals surface area contributed by atoms with Crippen LogP contribution in [-0.4, -0.2) is 15.9 Å². The molecule has 1 N–H and O–H groups in total. The Balaban J connectivity index is 0.000000375. The van der Waals surface area contributed by atoms with Crippen molar-refractivity contribution in [2.24, 2.45) is 0 Å². The van der Waals surface area contributed by atoms with E-state index in [0.29, 0.717) is 0 Å². The van der Waals surface area contributed by atoms with Crippen LogP contribution in [-0.2, 0) is 37.7 Å². The molecule has 1 aromatic heterocycles. The first-order chi connectivity index (χ1) is 17.9. The molecule has 1 aliphatic rings. The molecule has 0 saturated heterocycles. The molecule has 0 bridgehead atoms. The van der Waals surface area contributed by atoms with E-state index in [2.05, 4.69) is 48.5 Å². The number of aryl methyl sites for hydroxylation is 1. The molecular formula is C33H27FIrNO2-. The minimum Gasteiger partial charge on any atom is -0.512 e. The number of pyridine rings is 1. The van der Waals surface area contributed by atoms with E-state index in [4.69, 9.17) is 10.1 Å². The van der Waals surface area contributed by atoms with Crippen molar-refractivity contribution in [1.29, 1.82) is 0 Å². The molecule has 1 heterocycles. The van der Waals surface area contributed by atoms with Gasteiger partial charge in [0.25, 0.3) is 0 Å². The molecular weight excluding hydrogens is 654 g/mol. The Morgan fingerprint density at radius 1 is 0.947 bits per heavy atom. The van der Waals surface area contributed by atoms with Gasteiger partial charge in [-0.05, 0) is 71.3 Å². The summed E-state index contributed by atoms with van der Waals surface area (Å²) in [6.45, 7) is 2.85.